The lowest BCUT2D eigenvalue weighted by molar-refractivity contribution is 0.104. The fourth-order valence-electron chi connectivity index (χ4n) is 1.76. The number of carbonyl (C=O) groups excluding carboxylic acids is 1. The van der Waals surface area contributed by atoms with Crippen molar-refractivity contribution >= 4 is 34.0 Å². The molecule has 3 nitrogen and oxygen atoms in total. The van der Waals surface area contributed by atoms with Gasteiger partial charge in [-0.15, -0.1) is 0 Å². The Hall–Kier alpha value is -2.20. The van der Waals surface area contributed by atoms with Gasteiger partial charge in [-0.3, -0.25) is 4.79 Å². The molecule has 0 spiro atoms. The first-order valence-corrected chi connectivity index (χ1v) is 7.63. The maximum atomic E-state index is 12.0. The normalized spacial score (nSPS) is 11.2. The van der Waals surface area contributed by atoms with Gasteiger partial charge in [-0.2, -0.15) is 5.10 Å². The van der Waals surface area contributed by atoms with Crippen LogP contribution in [0.15, 0.2) is 64.2 Å². The van der Waals surface area contributed by atoms with Crippen LogP contribution < -0.4 is 0 Å². The van der Waals surface area contributed by atoms with Gasteiger partial charge in [-0.05, 0) is 41.5 Å². The highest BCUT2D eigenvalue weighted by Crippen LogP contribution is 2.12. The van der Waals surface area contributed by atoms with Crippen molar-refractivity contribution in [3.8, 4) is 0 Å². The number of hydrazone groups is 1. The first-order valence-electron chi connectivity index (χ1n) is 6.84. The van der Waals surface area contributed by atoms with E-state index in [9.17, 15) is 4.79 Å². The largest absolute Gasteiger partial charge is 0.303 e. The fourth-order valence-corrected chi connectivity index (χ4v) is 2.02. The van der Waals surface area contributed by atoms with E-state index in [1.54, 1.807) is 29.4 Å². The number of halogens is 1. The van der Waals surface area contributed by atoms with E-state index < -0.39 is 0 Å². The molecule has 0 saturated heterocycles. The van der Waals surface area contributed by atoms with Crippen LogP contribution >= 0.6 is 15.9 Å². The van der Waals surface area contributed by atoms with Crippen molar-refractivity contribution in [3.63, 3.8) is 0 Å². The molecule has 0 heterocycles. The van der Waals surface area contributed by atoms with Crippen LogP contribution in [0.2, 0.25) is 0 Å². The molecule has 0 N–H and O–H groups in total. The Kier molecular flexibility index (Phi) is 5.67. The minimum atomic E-state index is -0.00857. The summed E-state index contributed by atoms with van der Waals surface area (Å²) in [6.07, 6.45) is 5.20. The Morgan fingerprint density at radius 2 is 1.59 bits per heavy atom. The standard InChI is InChI=1S/C18H17BrN2O/c1-21(2)20-13-15-5-3-14(4-6-15)7-12-18(22)16-8-10-17(19)11-9-16/h3-13H,1-2H3/b12-7+,20-13+. The summed E-state index contributed by atoms with van der Waals surface area (Å²) in [7, 11) is 3.75. The van der Waals surface area contributed by atoms with Crippen molar-refractivity contribution in [1.29, 1.82) is 0 Å². The lowest BCUT2D eigenvalue weighted by Gasteiger charge is -2.02. The summed E-state index contributed by atoms with van der Waals surface area (Å²) in [6.45, 7) is 0. The average molecular weight is 357 g/mol. The summed E-state index contributed by atoms with van der Waals surface area (Å²) in [4.78, 5) is 12.0. The third kappa shape index (κ3) is 4.97. The summed E-state index contributed by atoms with van der Waals surface area (Å²) in [5.74, 6) is -0.00857. The minimum absolute atomic E-state index is 0.00857. The van der Waals surface area contributed by atoms with E-state index >= 15 is 0 Å². The fraction of sp³-hybridized carbons (Fsp3) is 0.111. The topological polar surface area (TPSA) is 32.7 Å². The predicted molar refractivity (Wildman–Crippen MR) is 95.2 cm³/mol. The molecular weight excluding hydrogens is 340 g/mol. The van der Waals surface area contributed by atoms with E-state index in [0.717, 1.165) is 15.6 Å². The summed E-state index contributed by atoms with van der Waals surface area (Å²) >= 11 is 3.36. The number of hydrogen-bond acceptors (Lipinski definition) is 3. The average Bonchev–Trinajstić information content (AvgIpc) is 2.52. The molecule has 0 bridgehead atoms. The molecule has 22 heavy (non-hydrogen) atoms. The number of hydrogen-bond donors (Lipinski definition) is 0. The molecule has 0 unspecified atom stereocenters. The van der Waals surface area contributed by atoms with Gasteiger partial charge in [0.25, 0.3) is 0 Å². The van der Waals surface area contributed by atoms with Crippen LogP contribution in [0.3, 0.4) is 0 Å². The van der Waals surface area contributed by atoms with E-state index in [0.29, 0.717) is 5.56 Å². The quantitative estimate of drug-likeness (QED) is 0.347. The number of nitrogens with zero attached hydrogens (tertiary/aromatic N) is 2. The van der Waals surface area contributed by atoms with Crippen molar-refractivity contribution in [3.05, 3.63) is 75.8 Å². The monoisotopic (exact) mass is 356 g/mol. The van der Waals surface area contributed by atoms with Gasteiger partial charge in [0.2, 0.25) is 0 Å². The van der Waals surface area contributed by atoms with E-state index in [1.165, 1.54) is 0 Å². The molecule has 0 saturated carbocycles. The molecule has 0 fully saturated rings. The van der Waals surface area contributed by atoms with Crippen LogP contribution in [0.4, 0.5) is 0 Å². The summed E-state index contributed by atoms with van der Waals surface area (Å²) < 4.78 is 0.961. The number of allylic oxidation sites excluding steroid dienone is 1. The van der Waals surface area contributed by atoms with E-state index in [4.69, 9.17) is 0 Å². The van der Waals surface area contributed by atoms with Crippen LogP contribution in [0.25, 0.3) is 6.08 Å². The van der Waals surface area contributed by atoms with Crippen LogP contribution in [0.1, 0.15) is 21.5 Å². The van der Waals surface area contributed by atoms with Crippen LogP contribution in [0, 0.1) is 0 Å². The highest BCUT2D eigenvalue weighted by molar-refractivity contribution is 9.10. The Bertz CT molecular complexity index is 686. The van der Waals surface area contributed by atoms with Crippen LogP contribution in [0.5, 0.6) is 0 Å². The molecule has 0 aliphatic rings. The van der Waals surface area contributed by atoms with Crippen molar-refractivity contribution < 1.29 is 4.79 Å². The van der Waals surface area contributed by atoms with Gasteiger partial charge in [0.05, 0.1) is 6.21 Å². The molecule has 112 valence electrons. The summed E-state index contributed by atoms with van der Waals surface area (Å²) in [5, 5.41) is 5.92. The lowest BCUT2D eigenvalue weighted by Crippen LogP contribution is -2.01. The Balaban J connectivity index is 2.03. The van der Waals surface area contributed by atoms with Gasteiger partial charge in [-0.1, -0.05) is 46.3 Å². The second-order valence-electron chi connectivity index (χ2n) is 4.96. The number of benzene rings is 2. The van der Waals surface area contributed by atoms with E-state index in [2.05, 4.69) is 21.0 Å². The SMILES string of the molecule is CN(C)/N=C/c1ccc(/C=C/C(=O)c2ccc(Br)cc2)cc1. The second-order valence-corrected chi connectivity index (χ2v) is 5.88. The molecule has 0 atom stereocenters. The Morgan fingerprint density at radius 1 is 1.00 bits per heavy atom. The Labute approximate surface area is 139 Å². The molecule has 2 rings (SSSR count). The molecule has 0 aromatic heterocycles. The molecule has 4 heteroatoms. The molecule has 2 aromatic rings. The second kappa shape index (κ2) is 7.71. The first-order chi connectivity index (χ1) is 10.5. The van der Waals surface area contributed by atoms with Gasteiger partial charge < -0.3 is 5.01 Å². The summed E-state index contributed by atoms with van der Waals surface area (Å²) in [5.41, 5.74) is 2.67. The zero-order chi connectivity index (χ0) is 15.9. The van der Waals surface area contributed by atoms with Gasteiger partial charge in [0, 0.05) is 24.1 Å². The number of carbonyl (C=O) groups is 1. The van der Waals surface area contributed by atoms with Gasteiger partial charge in [0.1, 0.15) is 0 Å². The van der Waals surface area contributed by atoms with Crippen molar-refractivity contribution in [2.24, 2.45) is 5.10 Å². The van der Waals surface area contributed by atoms with E-state index in [1.807, 2.05) is 56.6 Å². The van der Waals surface area contributed by atoms with Gasteiger partial charge >= 0.3 is 0 Å². The maximum Gasteiger partial charge on any atom is 0.185 e. The molecule has 0 aliphatic carbocycles. The predicted octanol–water partition coefficient (Wildman–Crippen LogP) is 4.24. The van der Waals surface area contributed by atoms with Crippen LogP contribution in [-0.4, -0.2) is 31.1 Å². The first kappa shape index (κ1) is 16.2. The maximum absolute atomic E-state index is 12.0. The zero-order valence-electron chi connectivity index (χ0n) is 12.5. The van der Waals surface area contributed by atoms with Crippen molar-refractivity contribution in [2.45, 2.75) is 0 Å². The van der Waals surface area contributed by atoms with Crippen molar-refractivity contribution in [2.75, 3.05) is 14.1 Å². The lowest BCUT2D eigenvalue weighted by atomic mass is 10.1. The molecule has 0 radical (unpaired) electrons. The van der Waals surface area contributed by atoms with Crippen molar-refractivity contribution in [1.82, 2.24) is 5.01 Å². The highest BCUT2D eigenvalue weighted by atomic mass is 79.9. The highest BCUT2D eigenvalue weighted by Gasteiger charge is 2.00. The molecule has 2 aromatic carbocycles. The smallest absolute Gasteiger partial charge is 0.185 e. The third-order valence-electron chi connectivity index (χ3n) is 2.93. The number of ketones is 1. The van der Waals surface area contributed by atoms with Gasteiger partial charge in [-0.25, -0.2) is 0 Å². The number of rotatable bonds is 5. The zero-order valence-corrected chi connectivity index (χ0v) is 14.1. The molecular formula is C18H17BrN2O. The van der Waals surface area contributed by atoms with Crippen LogP contribution in [-0.2, 0) is 0 Å². The Morgan fingerprint density at radius 3 is 2.18 bits per heavy atom. The van der Waals surface area contributed by atoms with E-state index in [-0.39, 0.29) is 5.78 Å². The summed E-state index contributed by atoms with van der Waals surface area (Å²) in [6, 6.07) is 15.2. The van der Waals surface area contributed by atoms with Gasteiger partial charge in [0.15, 0.2) is 5.78 Å². The molecule has 0 aliphatic heterocycles. The third-order valence-corrected chi connectivity index (χ3v) is 3.46. The minimum Gasteiger partial charge on any atom is -0.303 e. The molecule has 0 amide bonds.